The summed E-state index contributed by atoms with van der Waals surface area (Å²) < 4.78 is 0. The molecule has 1 unspecified atom stereocenters. The normalized spacial score (nSPS) is 18.5. The molecule has 1 aliphatic rings. The van der Waals surface area contributed by atoms with Crippen molar-refractivity contribution < 1.29 is 4.79 Å². The highest BCUT2D eigenvalue weighted by atomic mass is 35.5. The fraction of sp³-hybridized carbons (Fsp3) is 0.588. The van der Waals surface area contributed by atoms with E-state index in [0.29, 0.717) is 25.7 Å². The third-order valence-electron chi connectivity index (χ3n) is 4.21. The molecule has 1 aliphatic heterocycles. The Morgan fingerprint density at radius 3 is 2.73 bits per heavy atom. The van der Waals surface area contributed by atoms with Gasteiger partial charge in [0.2, 0.25) is 5.91 Å². The van der Waals surface area contributed by atoms with Gasteiger partial charge in [0.1, 0.15) is 0 Å². The number of hydrogen-bond donors (Lipinski definition) is 2. The first-order valence-electron chi connectivity index (χ1n) is 7.95. The third kappa shape index (κ3) is 5.95. The summed E-state index contributed by atoms with van der Waals surface area (Å²) in [5, 5.41) is 3.02. The molecule has 1 saturated heterocycles. The number of amides is 1. The number of aryl methyl sites for hydroxylation is 1. The second kappa shape index (κ2) is 9.82. The zero-order valence-electron chi connectivity index (χ0n) is 13.4. The molecule has 5 heteroatoms. The van der Waals surface area contributed by atoms with Gasteiger partial charge in [0, 0.05) is 12.6 Å². The molecule has 0 saturated carbocycles. The van der Waals surface area contributed by atoms with Gasteiger partial charge in [0.15, 0.2) is 0 Å². The van der Waals surface area contributed by atoms with Crippen molar-refractivity contribution in [3.63, 3.8) is 0 Å². The quantitative estimate of drug-likeness (QED) is 0.843. The number of carbonyl (C=O) groups excluding carboxylic acids is 1. The maximum absolute atomic E-state index is 12.1. The maximum atomic E-state index is 12.1. The van der Waals surface area contributed by atoms with Gasteiger partial charge in [-0.3, -0.25) is 9.69 Å². The zero-order chi connectivity index (χ0) is 15.1. The number of piperidine rings is 1. The third-order valence-corrected chi connectivity index (χ3v) is 4.21. The van der Waals surface area contributed by atoms with E-state index in [1.54, 1.807) is 0 Å². The molecule has 0 aliphatic carbocycles. The summed E-state index contributed by atoms with van der Waals surface area (Å²) >= 11 is 0. The molecule has 0 radical (unpaired) electrons. The van der Waals surface area contributed by atoms with Gasteiger partial charge in [-0.1, -0.05) is 36.2 Å². The number of benzene rings is 1. The van der Waals surface area contributed by atoms with E-state index in [9.17, 15) is 4.79 Å². The lowest BCUT2D eigenvalue weighted by Crippen LogP contribution is -2.46. The molecule has 0 bridgehead atoms. The summed E-state index contributed by atoms with van der Waals surface area (Å²) in [7, 11) is 0. The summed E-state index contributed by atoms with van der Waals surface area (Å²) in [5.74, 6) is 0.111. The van der Waals surface area contributed by atoms with Crippen molar-refractivity contribution in [2.75, 3.05) is 19.6 Å². The Morgan fingerprint density at radius 2 is 2.05 bits per heavy atom. The number of nitrogens with two attached hydrogens (primary N) is 1. The number of likely N-dealkylation sites (tertiary alicyclic amines) is 1. The van der Waals surface area contributed by atoms with Crippen LogP contribution in [0.5, 0.6) is 0 Å². The van der Waals surface area contributed by atoms with Gasteiger partial charge in [0.05, 0.1) is 6.54 Å². The average molecular weight is 326 g/mol. The van der Waals surface area contributed by atoms with Crippen LogP contribution in [0.15, 0.2) is 24.3 Å². The lowest BCUT2D eigenvalue weighted by atomic mass is 9.99. The van der Waals surface area contributed by atoms with E-state index in [4.69, 9.17) is 5.73 Å². The van der Waals surface area contributed by atoms with E-state index in [2.05, 4.69) is 41.4 Å². The highest BCUT2D eigenvalue weighted by Gasteiger charge is 2.23. The number of carbonyl (C=O) groups is 1. The molecule has 1 atom stereocenters. The Labute approximate surface area is 139 Å². The lowest BCUT2D eigenvalue weighted by Gasteiger charge is -2.35. The van der Waals surface area contributed by atoms with Crippen LogP contribution in [-0.2, 0) is 11.3 Å². The first-order chi connectivity index (χ1) is 10.2. The van der Waals surface area contributed by atoms with Gasteiger partial charge in [-0.05, 0) is 44.8 Å². The monoisotopic (exact) mass is 325 g/mol. The van der Waals surface area contributed by atoms with Crippen LogP contribution < -0.4 is 11.1 Å². The molecule has 0 spiro atoms. The Bertz CT molecular complexity index is 448. The van der Waals surface area contributed by atoms with Crippen LogP contribution in [0.4, 0.5) is 0 Å². The highest BCUT2D eigenvalue weighted by Crippen LogP contribution is 2.18. The van der Waals surface area contributed by atoms with Gasteiger partial charge < -0.3 is 11.1 Å². The van der Waals surface area contributed by atoms with Gasteiger partial charge in [0.25, 0.3) is 0 Å². The second-order valence-electron chi connectivity index (χ2n) is 5.96. The fourth-order valence-electron chi connectivity index (χ4n) is 2.93. The van der Waals surface area contributed by atoms with E-state index in [1.165, 1.54) is 24.8 Å². The predicted octanol–water partition coefficient (Wildman–Crippen LogP) is 2.24. The van der Waals surface area contributed by atoms with E-state index in [-0.39, 0.29) is 18.3 Å². The standard InChI is InChI=1S/C17H27N3O.ClH/c1-14-5-7-15(8-6-14)12-19-17(21)13-20-11-3-2-4-16(20)9-10-18;/h5-8,16H,2-4,9-13,18H2,1H3,(H,19,21);1H. The zero-order valence-corrected chi connectivity index (χ0v) is 14.2. The van der Waals surface area contributed by atoms with Gasteiger partial charge >= 0.3 is 0 Å². The molecule has 1 amide bonds. The smallest absolute Gasteiger partial charge is 0.234 e. The van der Waals surface area contributed by atoms with Crippen molar-refractivity contribution in [1.29, 1.82) is 0 Å². The summed E-state index contributed by atoms with van der Waals surface area (Å²) in [5.41, 5.74) is 8.06. The van der Waals surface area contributed by atoms with E-state index < -0.39 is 0 Å². The summed E-state index contributed by atoms with van der Waals surface area (Å²) in [6, 6.07) is 8.75. The van der Waals surface area contributed by atoms with Crippen molar-refractivity contribution in [2.45, 2.75) is 45.2 Å². The number of halogens is 1. The van der Waals surface area contributed by atoms with Crippen molar-refractivity contribution in [1.82, 2.24) is 10.2 Å². The molecule has 1 heterocycles. The first kappa shape index (κ1) is 18.9. The van der Waals surface area contributed by atoms with Crippen molar-refractivity contribution in [3.8, 4) is 0 Å². The van der Waals surface area contributed by atoms with Gasteiger partial charge in [-0.2, -0.15) is 0 Å². The number of nitrogens with zero attached hydrogens (tertiary/aromatic N) is 1. The number of nitrogens with one attached hydrogen (secondary N) is 1. The molecule has 124 valence electrons. The van der Waals surface area contributed by atoms with E-state index in [0.717, 1.165) is 18.5 Å². The SMILES string of the molecule is Cc1ccc(CNC(=O)CN2CCCCC2CCN)cc1.Cl. The van der Waals surface area contributed by atoms with Crippen LogP contribution >= 0.6 is 12.4 Å². The average Bonchev–Trinajstić information content (AvgIpc) is 2.49. The van der Waals surface area contributed by atoms with Crippen molar-refractivity contribution >= 4 is 18.3 Å². The minimum absolute atomic E-state index is 0. The molecular formula is C17H28ClN3O. The topological polar surface area (TPSA) is 58.4 Å². The molecule has 1 aromatic rings. The summed E-state index contributed by atoms with van der Waals surface area (Å²) in [4.78, 5) is 14.4. The van der Waals surface area contributed by atoms with Crippen LogP contribution in [0.25, 0.3) is 0 Å². The molecule has 22 heavy (non-hydrogen) atoms. The fourth-order valence-corrected chi connectivity index (χ4v) is 2.93. The Morgan fingerprint density at radius 1 is 1.32 bits per heavy atom. The Hall–Kier alpha value is -1.10. The number of hydrogen-bond acceptors (Lipinski definition) is 3. The van der Waals surface area contributed by atoms with E-state index >= 15 is 0 Å². The molecule has 1 fully saturated rings. The molecule has 2 rings (SSSR count). The van der Waals surface area contributed by atoms with Crippen molar-refractivity contribution in [2.24, 2.45) is 5.73 Å². The number of rotatable bonds is 6. The lowest BCUT2D eigenvalue weighted by molar-refractivity contribution is -0.123. The summed E-state index contributed by atoms with van der Waals surface area (Å²) in [6.07, 6.45) is 4.60. The van der Waals surface area contributed by atoms with Gasteiger partial charge in [-0.25, -0.2) is 0 Å². The van der Waals surface area contributed by atoms with Crippen LogP contribution in [0.3, 0.4) is 0 Å². The first-order valence-corrected chi connectivity index (χ1v) is 7.95. The predicted molar refractivity (Wildman–Crippen MR) is 93.2 cm³/mol. The van der Waals surface area contributed by atoms with Crippen LogP contribution in [0, 0.1) is 6.92 Å². The Kier molecular flexibility index (Phi) is 8.46. The molecule has 1 aromatic carbocycles. The van der Waals surface area contributed by atoms with Crippen LogP contribution in [0.1, 0.15) is 36.8 Å². The maximum Gasteiger partial charge on any atom is 0.234 e. The minimum Gasteiger partial charge on any atom is -0.351 e. The molecule has 4 nitrogen and oxygen atoms in total. The largest absolute Gasteiger partial charge is 0.351 e. The molecule has 3 N–H and O–H groups in total. The van der Waals surface area contributed by atoms with Crippen molar-refractivity contribution in [3.05, 3.63) is 35.4 Å². The van der Waals surface area contributed by atoms with Crippen LogP contribution in [0.2, 0.25) is 0 Å². The summed E-state index contributed by atoms with van der Waals surface area (Å²) in [6.45, 7) is 4.89. The molecule has 0 aromatic heterocycles. The Balaban J connectivity index is 0.00000242. The molecular weight excluding hydrogens is 298 g/mol. The van der Waals surface area contributed by atoms with Gasteiger partial charge in [-0.15, -0.1) is 12.4 Å². The van der Waals surface area contributed by atoms with E-state index in [1.807, 2.05) is 0 Å². The minimum atomic E-state index is 0. The highest BCUT2D eigenvalue weighted by molar-refractivity contribution is 5.85. The van der Waals surface area contributed by atoms with Crippen LogP contribution in [-0.4, -0.2) is 36.5 Å². The second-order valence-corrected chi connectivity index (χ2v) is 5.96.